The maximum absolute atomic E-state index is 9.67. The molecule has 1 N–H and O–H groups in total. The summed E-state index contributed by atoms with van der Waals surface area (Å²) in [4.78, 5) is 0. The van der Waals surface area contributed by atoms with Gasteiger partial charge >= 0.3 is 18.9 Å². The molecule has 0 aromatic rings. The van der Waals surface area contributed by atoms with Crippen molar-refractivity contribution < 1.29 is 27.3 Å². The summed E-state index contributed by atoms with van der Waals surface area (Å²) in [6.45, 7) is 1.43. The van der Waals surface area contributed by atoms with E-state index in [4.69, 9.17) is 5.14 Å². The summed E-state index contributed by atoms with van der Waals surface area (Å²) >= 11 is 0. The monoisotopic (exact) mass is 115 g/mol. The predicted molar refractivity (Wildman–Crippen MR) is 23.8 cm³/mol. The van der Waals surface area contributed by atoms with Crippen LogP contribution in [0.4, 0.5) is 0 Å². The Hall–Kier alpha value is 0.507. The zero-order chi connectivity index (χ0) is 5.21. The van der Waals surface area contributed by atoms with E-state index in [1.165, 1.54) is 6.92 Å². The molecule has 0 spiro atoms. The minimum absolute atomic E-state index is 0. The van der Waals surface area contributed by atoms with Crippen LogP contribution in [0, 0.1) is 0 Å². The Kier molecular flexibility index (Phi) is 5.24. The topological polar surface area (TPSA) is 57.9 Å². The number of hydrogen-bond donors (Lipinski definition) is 0. The SMILES string of the molecule is CCS([NH-])(=O)=O.[Li+]. The molecule has 0 radical (unpaired) electrons. The summed E-state index contributed by atoms with van der Waals surface area (Å²) in [5.41, 5.74) is 0. The van der Waals surface area contributed by atoms with Crippen molar-refractivity contribution in [2.75, 3.05) is 5.75 Å². The van der Waals surface area contributed by atoms with Gasteiger partial charge in [0.2, 0.25) is 0 Å². The third kappa shape index (κ3) is 10.7. The first kappa shape index (κ1) is 10.5. The van der Waals surface area contributed by atoms with E-state index in [0.717, 1.165) is 0 Å². The average Bonchev–Trinajstić information content (AvgIpc) is 1.35. The van der Waals surface area contributed by atoms with Gasteiger partial charge in [-0.05, 0) is 0 Å². The van der Waals surface area contributed by atoms with E-state index < -0.39 is 10.0 Å². The molecule has 0 saturated heterocycles. The molecule has 0 aliphatic heterocycles. The number of nitrogens with one attached hydrogen (secondary N) is 1. The van der Waals surface area contributed by atoms with Crippen LogP contribution < -0.4 is 18.9 Å². The second-order valence-corrected chi connectivity index (χ2v) is 2.71. The van der Waals surface area contributed by atoms with Crippen molar-refractivity contribution in [3.8, 4) is 0 Å². The van der Waals surface area contributed by atoms with E-state index in [2.05, 4.69) is 0 Å². The standard InChI is InChI=1S/C2H6NO2S.Li/c1-2-6(3,4)5;/h2H2,1H3,(H-,3,4,5);/q-1;+1. The summed E-state index contributed by atoms with van der Waals surface area (Å²) in [5.74, 6) is -0.0903. The molecule has 0 aliphatic rings. The van der Waals surface area contributed by atoms with Crippen LogP contribution >= 0.6 is 0 Å². The van der Waals surface area contributed by atoms with Gasteiger partial charge in [0.25, 0.3) is 0 Å². The summed E-state index contributed by atoms with van der Waals surface area (Å²) in [7, 11) is -3.41. The van der Waals surface area contributed by atoms with E-state index in [1.807, 2.05) is 0 Å². The van der Waals surface area contributed by atoms with Crippen molar-refractivity contribution in [3.05, 3.63) is 5.14 Å². The molecule has 38 valence electrons. The van der Waals surface area contributed by atoms with E-state index in [1.54, 1.807) is 0 Å². The van der Waals surface area contributed by atoms with Crippen molar-refractivity contribution in [1.29, 1.82) is 0 Å². The quantitative estimate of drug-likeness (QED) is 0.351. The minimum atomic E-state index is -3.41. The Balaban J connectivity index is 0. The van der Waals surface area contributed by atoms with Gasteiger partial charge in [-0.3, -0.25) is 0 Å². The molecule has 0 fully saturated rings. The van der Waals surface area contributed by atoms with Gasteiger partial charge in [-0.25, -0.2) is 8.42 Å². The molecule has 0 bridgehead atoms. The molecule has 7 heavy (non-hydrogen) atoms. The Morgan fingerprint density at radius 2 is 1.71 bits per heavy atom. The van der Waals surface area contributed by atoms with Gasteiger partial charge in [0.15, 0.2) is 0 Å². The zero-order valence-corrected chi connectivity index (χ0v) is 5.25. The molecule has 0 heterocycles. The molecular weight excluding hydrogens is 109 g/mol. The average molecular weight is 115 g/mol. The molecule has 0 unspecified atom stereocenters. The van der Waals surface area contributed by atoms with E-state index in [9.17, 15) is 8.42 Å². The molecule has 0 atom stereocenters. The van der Waals surface area contributed by atoms with Gasteiger partial charge < -0.3 is 5.14 Å². The first-order valence-corrected chi connectivity index (χ1v) is 3.19. The fourth-order valence-electron chi connectivity index (χ4n) is 0. The summed E-state index contributed by atoms with van der Waals surface area (Å²) in [6, 6.07) is 0. The van der Waals surface area contributed by atoms with Crippen molar-refractivity contribution in [1.82, 2.24) is 0 Å². The van der Waals surface area contributed by atoms with Gasteiger partial charge in [0.1, 0.15) is 0 Å². The van der Waals surface area contributed by atoms with Gasteiger partial charge in [-0.2, -0.15) is 0 Å². The molecule has 0 saturated carbocycles. The zero-order valence-electron chi connectivity index (χ0n) is 4.43. The summed E-state index contributed by atoms with van der Waals surface area (Å²) in [5, 5.41) is 6.15. The second kappa shape index (κ2) is 3.50. The number of sulfonamides is 1. The Morgan fingerprint density at radius 1 is 1.57 bits per heavy atom. The molecule has 0 aromatic heterocycles. The van der Waals surface area contributed by atoms with Crippen LogP contribution in [0.1, 0.15) is 6.92 Å². The van der Waals surface area contributed by atoms with Gasteiger partial charge in [0, 0.05) is 5.75 Å². The van der Waals surface area contributed by atoms with E-state index in [-0.39, 0.29) is 24.6 Å². The molecule has 0 amide bonds. The van der Waals surface area contributed by atoms with Crippen LogP contribution in [0.5, 0.6) is 0 Å². The maximum Gasteiger partial charge on any atom is 1.00 e. The fourth-order valence-corrected chi connectivity index (χ4v) is 0. The largest absolute Gasteiger partial charge is 1.00 e. The van der Waals surface area contributed by atoms with Gasteiger partial charge in [-0.1, -0.05) is 6.92 Å². The predicted octanol–water partition coefficient (Wildman–Crippen LogP) is -2.61. The number of hydrogen-bond acceptors (Lipinski definition) is 2. The van der Waals surface area contributed by atoms with Crippen molar-refractivity contribution in [2.24, 2.45) is 0 Å². The van der Waals surface area contributed by atoms with Crippen LogP contribution in [0.15, 0.2) is 0 Å². The van der Waals surface area contributed by atoms with Crippen LogP contribution in [-0.2, 0) is 10.0 Å². The molecular formula is C2H6LiNO2S. The summed E-state index contributed by atoms with van der Waals surface area (Å²) in [6.07, 6.45) is 0. The van der Waals surface area contributed by atoms with Crippen molar-refractivity contribution in [2.45, 2.75) is 6.92 Å². The van der Waals surface area contributed by atoms with E-state index >= 15 is 0 Å². The smallest absolute Gasteiger partial charge is 0.564 e. The molecule has 3 nitrogen and oxygen atoms in total. The first-order valence-electron chi connectivity index (χ1n) is 1.53. The fraction of sp³-hybridized carbons (Fsp3) is 1.00. The Morgan fingerprint density at radius 3 is 1.71 bits per heavy atom. The molecule has 0 aromatic carbocycles. The molecule has 0 rings (SSSR count). The Labute approximate surface area is 55.5 Å². The van der Waals surface area contributed by atoms with Gasteiger partial charge in [0.05, 0.1) is 10.0 Å². The third-order valence-corrected chi connectivity index (χ3v) is 1.14. The van der Waals surface area contributed by atoms with Gasteiger partial charge in [-0.15, -0.1) is 0 Å². The van der Waals surface area contributed by atoms with Crippen molar-refractivity contribution >= 4 is 10.0 Å². The van der Waals surface area contributed by atoms with Crippen molar-refractivity contribution in [3.63, 3.8) is 0 Å². The maximum atomic E-state index is 9.67. The van der Waals surface area contributed by atoms with Crippen LogP contribution in [-0.4, -0.2) is 14.2 Å². The molecule has 5 heteroatoms. The van der Waals surface area contributed by atoms with Crippen LogP contribution in [0.2, 0.25) is 0 Å². The summed E-state index contributed by atoms with van der Waals surface area (Å²) < 4.78 is 19.3. The van der Waals surface area contributed by atoms with Crippen LogP contribution in [0.3, 0.4) is 0 Å². The normalized spacial score (nSPS) is 10.0. The second-order valence-electron chi connectivity index (χ2n) is 0.903. The first-order chi connectivity index (χ1) is 2.56. The van der Waals surface area contributed by atoms with E-state index in [0.29, 0.717) is 0 Å². The Bertz CT molecular complexity index is 118. The molecule has 0 aliphatic carbocycles. The minimum Gasteiger partial charge on any atom is -0.564 e. The van der Waals surface area contributed by atoms with Crippen LogP contribution in [0.25, 0.3) is 5.14 Å². The third-order valence-electron chi connectivity index (χ3n) is 0.380. The number of rotatable bonds is 1.